The highest BCUT2D eigenvalue weighted by molar-refractivity contribution is 6.74. The topological polar surface area (TPSA) is 47.9 Å². The summed E-state index contributed by atoms with van der Waals surface area (Å²) in [6.45, 7) is 26.0. The van der Waals surface area contributed by atoms with Crippen LogP contribution in [0.15, 0.2) is 23.8 Å². The molecule has 40 heavy (non-hydrogen) atoms. The lowest BCUT2D eigenvalue weighted by atomic mass is 9.55. The summed E-state index contributed by atoms with van der Waals surface area (Å²) in [4.78, 5) is 0. The van der Waals surface area contributed by atoms with Crippen molar-refractivity contribution >= 4 is 8.32 Å². The van der Waals surface area contributed by atoms with Crippen LogP contribution in [0, 0.1) is 29.1 Å². The number of benzene rings is 1. The standard InChI is InChI=1S/C35H60O4Si/c1-24(16-17-26-21-28(37-10)20-25(2)31(26)38-11)19-27(36)22-34(8)23-29-30(39-40(12,13)32(3,4)5)15-14-18-35(34,9)33(29,6)7/h16,20-21,27,29-30,36H,14-15,17-19,22-23H2,1-13H3/b24-16+/t27-,29+,30-,34-,35-/m1/s1. The largest absolute Gasteiger partial charge is 0.497 e. The molecule has 3 rings (SSSR count). The average Bonchev–Trinajstić information content (AvgIpc) is 2.91. The number of fused-ring (bicyclic) bond motifs is 2. The van der Waals surface area contributed by atoms with Crippen LogP contribution in [-0.4, -0.2) is 39.9 Å². The summed E-state index contributed by atoms with van der Waals surface area (Å²) < 4.78 is 18.3. The van der Waals surface area contributed by atoms with Crippen LogP contribution in [0.4, 0.5) is 0 Å². The van der Waals surface area contributed by atoms with Crippen molar-refractivity contribution in [1.29, 1.82) is 0 Å². The molecule has 2 aliphatic carbocycles. The Morgan fingerprint density at radius 3 is 2.35 bits per heavy atom. The highest BCUT2D eigenvalue weighted by Crippen LogP contribution is 2.71. The van der Waals surface area contributed by atoms with Gasteiger partial charge in [0, 0.05) is 11.7 Å². The third kappa shape index (κ3) is 6.22. The van der Waals surface area contributed by atoms with Gasteiger partial charge in [0.1, 0.15) is 11.5 Å². The van der Waals surface area contributed by atoms with E-state index in [1.165, 1.54) is 24.8 Å². The normalized spacial score (nSPS) is 29.7. The van der Waals surface area contributed by atoms with E-state index in [0.29, 0.717) is 18.4 Å². The smallest absolute Gasteiger partial charge is 0.192 e. The van der Waals surface area contributed by atoms with E-state index in [1.54, 1.807) is 14.2 Å². The highest BCUT2D eigenvalue weighted by Gasteiger charge is 2.65. The lowest BCUT2D eigenvalue weighted by Gasteiger charge is -2.50. The first-order chi connectivity index (χ1) is 18.3. The van der Waals surface area contributed by atoms with Crippen molar-refractivity contribution in [3.05, 3.63) is 34.9 Å². The van der Waals surface area contributed by atoms with Gasteiger partial charge in [0.05, 0.1) is 20.3 Å². The molecule has 0 saturated heterocycles. The Bertz CT molecular complexity index is 1070. The van der Waals surface area contributed by atoms with E-state index in [-0.39, 0.29) is 27.4 Å². The number of rotatable bonds is 10. The first kappa shape index (κ1) is 33.2. The van der Waals surface area contributed by atoms with Crippen LogP contribution in [0.2, 0.25) is 18.1 Å². The number of methoxy groups -OCH3 is 2. The maximum atomic E-state index is 11.5. The summed E-state index contributed by atoms with van der Waals surface area (Å²) in [6.07, 6.45) is 9.23. The SMILES string of the molecule is COc1cc(C)c(OC)c(C/C=C(\C)C[C@@H](O)C[C@]2(C)C[C@H]3[C@H](O[Si](C)(C)C(C)(C)C)CCC[C@]2(C)C3(C)C)c1. The van der Waals surface area contributed by atoms with Crippen molar-refractivity contribution in [2.75, 3.05) is 14.2 Å². The molecule has 1 aromatic carbocycles. The Hall–Kier alpha value is -1.30. The zero-order chi connectivity index (χ0) is 30.3. The van der Waals surface area contributed by atoms with E-state index < -0.39 is 8.32 Å². The van der Waals surface area contributed by atoms with Crippen LogP contribution < -0.4 is 9.47 Å². The van der Waals surface area contributed by atoms with Gasteiger partial charge in [-0.1, -0.05) is 66.5 Å². The van der Waals surface area contributed by atoms with E-state index in [0.717, 1.165) is 41.9 Å². The molecule has 2 fully saturated rings. The maximum Gasteiger partial charge on any atom is 0.192 e. The van der Waals surface area contributed by atoms with Gasteiger partial charge in [-0.3, -0.25) is 0 Å². The molecule has 5 heteroatoms. The Morgan fingerprint density at radius 2 is 1.77 bits per heavy atom. The van der Waals surface area contributed by atoms with Crippen molar-refractivity contribution < 1.29 is 19.0 Å². The highest BCUT2D eigenvalue weighted by atomic mass is 28.4. The maximum absolute atomic E-state index is 11.5. The van der Waals surface area contributed by atoms with Gasteiger partial charge in [-0.05, 0) is 110 Å². The van der Waals surface area contributed by atoms with Gasteiger partial charge in [0.2, 0.25) is 0 Å². The summed E-state index contributed by atoms with van der Waals surface area (Å²) in [5, 5.41) is 11.7. The van der Waals surface area contributed by atoms with Gasteiger partial charge < -0.3 is 19.0 Å². The van der Waals surface area contributed by atoms with E-state index in [1.807, 2.05) is 6.07 Å². The number of ether oxygens (including phenoxy) is 2. The van der Waals surface area contributed by atoms with Gasteiger partial charge in [0.15, 0.2) is 8.32 Å². The lowest BCUT2D eigenvalue weighted by Crippen LogP contribution is -2.47. The monoisotopic (exact) mass is 572 g/mol. The average molecular weight is 573 g/mol. The first-order valence-electron chi connectivity index (χ1n) is 15.5. The molecule has 5 atom stereocenters. The van der Waals surface area contributed by atoms with Crippen LogP contribution >= 0.6 is 0 Å². The predicted molar refractivity (Wildman–Crippen MR) is 171 cm³/mol. The second-order valence-corrected chi connectivity index (χ2v) is 20.4. The Labute approximate surface area is 247 Å². The third-order valence-corrected chi connectivity index (χ3v) is 16.4. The number of allylic oxidation sites excluding steroid dienone is 1. The van der Waals surface area contributed by atoms with Gasteiger partial charge in [-0.15, -0.1) is 0 Å². The van der Waals surface area contributed by atoms with E-state index in [4.69, 9.17) is 13.9 Å². The second-order valence-electron chi connectivity index (χ2n) is 15.7. The van der Waals surface area contributed by atoms with Crippen LogP contribution in [0.1, 0.15) is 105 Å². The number of hydrogen-bond donors (Lipinski definition) is 1. The number of aliphatic hydroxyl groups is 1. The second kappa shape index (κ2) is 11.8. The zero-order valence-electron chi connectivity index (χ0n) is 28.1. The summed E-state index contributed by atoms with van der Waals surface area (Å²) in [7, 11) is 1.56. The molecule has 0 spiro atoms. The molecule has 0 amide bonds. The van der Waals surface area contributed by atoms with E-state index in [2.05, 4.69) is 87.6 Å². The van der Waals surface area contributed by atoms with Crippen molar-refractivity contribution in [3.63, 3.8) is 0 Å². The zero-order valence-corrected chi connectivity index (χ0v) is 29.1. The van der Waals surface area contributed by atoms with Gasteiger partial charge in [-0.2, -0.15) is 0 Å². The molecular weight excluding hydrogens is 512 g/mol. The fourth-order valence-corrected chi connectivity index (χ4v) is 9.33. The Balaban J connectivity index is 1.77. The summed E-state index contributed by atoms with van der Waals surface area (Å²) >= 11 is 0. The molecule has 0 heterocycles. The molecule has 0 unspecified atom stereocenters. The molecule has 0 aromatic heterocycles. The molecule has 2 bridgehead atoms. The molecule has 2 saturated carbocycles. The number of hydrogen-bond acceptors (Lipinski definition) is 4. The Morgan fingerprint density at radius 1 is 1.12 bits per heavy atom. The predicted octanol–water partition coefficient (Wildman–Crippen LogP) is 9.28. The molecule has 4 nitrogen and oxygen atoms in total. The van der Waals surface area contributed by atoms with Crippen molar-refractivity contribution in [3.8, 4) is 11.5 Å². The van der Waals surface area contributed by atoms with E-state index in [9.17, 15) is 5.11 Å². The quantitative estimate of drug-likeness (QED) is 0.224. The molecule has 0 radical (unpaired) electrons. The van der Waals surface area contributed by atoms with E-state index >= 15 is 0 Å². The van der Waals surface area contributed by atoms with Crippen LogP contribution in [-0.2, 0) is 10.8 Å². The van der Waals surface area contributed by atoms with Crippen LogP contribution in [0.3, 0.4) is 0 Å². The Kier molecular flexibility index (Phi) is 9.76. The lowest BCUT2D eigenvalue weighted by molar-refractivity contribution is -0.0300. The minimum atomic E-state index is -1.87. The third-order valence-electron chi connectivity index (χ3n) is 11.9. The molecule has 2 aliphatic rings. The van der Waals surface area contributed by atoms with Crippen molar-refractivity contribution in [2.45, 2.75) is 138 Å². The number of aliphatic hydroxyl groups excluding tert-OH is 1. The van der Waals surface area contributed by atoms with Crippen LogP contribution in [0.25, 0.3) is 0 Å². The molecule has 0 aliphatic heterocycles. The molecular formula is C35H60O4Si. The summed E-state index contributed by atoms with van der Waals surface area (Å²) in [5.41, 5.74) is 3.81. The molecule has 228 valence electrons. The molecule has 1 aromatic rings. The number of aryl methyl sites for hydroxylation is 1. The van der Waals surface area contributed by atoms with Crippen molar-refractivity contribution in [1.82, 2.24) is 0 Å². The van der Waals surface area contributed by atoms with Gasteiger partial charge in [0.25, 0.3) is 0 Å². The minimum Gasteiger partial charge on any atom is -0.497 e. The molecule has 1 N–H and O–H groups in total. The summed E-state index contributed by atoms with van der Waals surface area (Å²) in [5.74, 6) is 2.28. The minimum absolute atomic E-state index is 0.0729. The summed E-state index contributed by atoms with van der Waals surface area (Å²) in [6, 6.07) is 4.06. The van der Waals surface area contributed by atoms with Crippen molar-refractivity contribution in [2.24, 2.45) is 22.2 Å². The van der Waals surface area contributed by atoms with Gasteiger partial charge >= 0.3 is 0 Å². The fraction of sp³-hybridized carbons (Fsp3) is 0.771. The van der Waals surface area contributed by atoms with Crippen LogP contribution in [0.5, 0.6) is 11.5 Å². The fourth-order valence-electron chi connectivity index (χ4n) is 7.94. The first-order valence-corrected chi connectivity index (χ1v) is 18.5. The van der Waals surface area contributed by atoms with Gasteiger partial charge in [-0.25, -0.2) is 0 Å².